The number of carbonyl (C=O) groups is 1. The molecule has 1 aromatic heterocycles. The molecular formula is C15H17NO4S. The molecule has 1 N–H and O–H groups in total. The van der Waals surface area contributed by atoms with E-state index >= 15 is 0 Å². The van der Waals surface area contributed by atoms with Gasteiger partial charge in [-0.05, 0) is 24.6 Å². The Morgan fingerprint density at radius 3 is 2.57 bits per heavy atom. The van der Waals surface area contributed by atoms with Gasteiger partial charge in [-0.15, -0.1) is 11.3 Å². The summed E-state index contributed by atoms with van der Waals surface area (Å²) in [6, 6.07) is 5.48. The smallest absolute Gasteiger partial charge is 0.308 e. The van der Waals surface area contributed by atoms with Gasteiger partial charge in [-0.2, -0.15) is 0 Å². The standard InChI is InChI=1S/C15H17NO4S/c1-4-13-16-15(12(21-13)8-14(17)18)9-5-6-10(19-2)11(7-9)20-3/h5-7H,4,8H2,1-3H3,(H,17,18). The van der Waals surface area contributed by atoms with E-state index in [-0.39, 0.29) is 6.42 Å². The van der Waals surface area contributed by atoms with Crippen LogP contribution in [0.1, 0.15) is 16.8 Å². The van der Waals surface area contributed by atoms with Gasteiger partial charge in [-0.25, -0.2) is 4.98 Å². The Hall–Kier alpha value is -2.08. The topological polar surface area (TPSA) is 68.7 Å². The lowest BCUT2D eigenvalue weighted by atomic mass is 10.1. The van der Waals surface area contributed by atoms with E-state index in [1.165, 1.54) is 11.3 Å². The van der Waals surface area contributed by atoms with Crippen molar-refractivity contribution in [3.05, 3.63) is 28.1 Å². The van der Waals surface area contributed by atoms with Gasteiger partial charge in [0, 0.05) is 10.4 Å². The van der Waals surface area contributed by atoms with Crippen molar-refractivity contribution in [2.45, 2.75) is 19.8 Å². The van der Waals surface area contributed by atoms with Crippen LogP contribution in [0.4, 0.5) is 0 Å². The molecule has 0 atom stereocenters. The molecule has 0 aliphatic rings. The lowest BCUT2D eigenvalue weighted by Gasteiger charge is -2.09. The normalized spacial score (nSPS) is 10.4. The van der Waals surface area contributed by atoms with E-state index in [4.69, 9.17) is 14.6 Å². The Labute approximate surface area is 127 Å². The van der Waals surface area contributed by atoms with E-state index in [0.717, 1.165) is 21.9 Å². The SMILES string of the molecule is CCc1nc(-c2ccc(OC)c(OC)c2)c(CC(=O)O)s1. The van der Waals surface area contributed by atoms with E-state index in [1.807, 2.05) is 19.1 Å². The van der Waals surface area contributed by atoms with Gasteiger partial charge in [0.1, 0.15) is 0 Å². The number of carboxylic acids is 1. The molecule has 21 heavy (non-hydrogen) atoms. The molecule has 0 fully saturated rings. The summed E-state index contributed by atoms with van der Waals surface area (Å²) in [7, 11) is 3.14. The van der Waals surface area contributed by atoms with Crippen LogP contribution in [0.2, 0.25) is 0 Å². The quantitative estimate of drug-likeness (QED) is 0.888. The van der Waals surface area contributed by atoms with Crippen molar-refractivity contribution in [2.24, 2.45) is 0 Å². The number of rotatable bonds is 6. The Morgan fingerprint density at radius 2 is 2.00 bits per heavy atom. The second-order valence-electron chi connectivity index (χ2n) is 4.37. The van der Waals surface area contributed by atoms with E-state index in [1.54, 1.807) is 20.3 Å². The molecule has 5 nitrogen and oxygen atoms in total. The third-order valence-electron chi connectivity index (χ3n) is 3.01. The molecule has 0 unspecified atom stereocenters. The number of hydrogen-bond acceptors (Lipinski definition) is 5. The molecule has 0 bridgehead atoms. The lowest BCUT2D eigenvalue weighted by Crippen LogP contribution is -1.99. The zero-order valence-electron chi connectivity index (χ0n) is 12.2. The Balaban J connectivity index is 2.49. The Morgan fingerprint density at radius 1 is 1.29 bits per heavy atom. The fourth-order valence-electron chi connectivity index (χ4n) is 2.02. The highest BCUT2D eigenvalue weighted by molar-refractivity contribution is 7.12. The minimum absolute atomic E-state index is 0.0264. The number of aryl methyl sites for hydroxylation is 1. The molecule has 112 valence electrons. The fraction of sp³-hybridized carbons (Fsp3) is 0.333. The number of nitrogens with zero attached hydrogens (tertiary/aromatic N) is 1. The number of aromatic nitrogens is 1. The first-order chi connectivity index (χ1) is 10.1. The summed E-state index contributed by atoms with van der Waals surface area (Å²) < 4.78 is 10.5. The van der Waals surface area contributed by atoms with Crippen molar-refractivity contribution in [1.82, 2.24) is 4.98 Å². The molecule has 0 aliphatic carbocycles. The molecule has 6 heteroatoms. The molecule has 0 saturated heterocycles. The minimum atomic E-state index is -0.858. The second kappa shape index (κ2) is 6.58. The van der Waals surface area contributed by atoms with Crippen LogP contribution in [0.15, 0.2) is 18.2 Å². The average Bonchev–Trinajstić information content (AvgIpc) is 2.88. The van der Waals surface area contributed by atoms with Crippen LogP contribution in [0.3, 0.4) is 0 Å². The number of benzene rings is 1. The van der Waals surface area contributed by atoms with Gasteiger partial charge < -0.3 is 14.6 Å². The molecule has 0 saturated carbocycles. The maximum absolute atomic E-state index is 11.0. The first-order valence-corrected chi connectivity index (χ1v) is 7.33. The first-order valence-electron chi connectivity index (χ1n) is 6.51. The highest BCUT2D eigenvalue weighted by Crippen LogP contribution is 2.35. The predicted molar refractivity (Wildman–Crippen MR) is 81.4 cm³/mol. The number of hydrogen-bond donors (Lipinski definition) is 1. The second-order valence-corrected chi connectivity index (χ2v) is 5.54. The van der Waals surface area contributed by atoms with Crippen molar-refractivity contribution in [3.63, 3.8) is 0 Å². The van der Waals surface area contributed by atoms with Gasteiger partial charge in [-0.1, -0.05) is 6.92 Å². The van der Waals surface area contributed by atoms with Crippen LogP contribution in [0.25, 0.3) is 11.3 Å². The van der Waals surface area contributed by atoms with Gasteiger partial charge in [-0.3, -0.25) is 4.79 Å². The van der Waals surface area contributed by atoms with Gasteiger partial charge in [0.05, 0.1) is 31.3 Å². The van der Waals surface area contributed by atoms with Crippen molar-refractivity contribution in [1.29, 1.82) is 0 Å². The first kappa shape index (κ1) is 15.3. The zero-order chi connectivity index (χ0) is 15.4. The number of carboxylic acid groups (broad SMARTS) is 1. The van der Waals surface area contributed by atoms with E-state index in [0.29, 0.717) is 17.2 Å². The van der Waals surface area contributed by atoms with Crippen LogP contribution >= 0.6 is 11.3 Å². The molecule has 1 aromatic carbocycles. The molecule has 2 aromatic rings. The largest absolute Gasteiger partial charge is 0.493 e. The van der Waals surface area contributed by atoms with Crippen LogP contribution < -0.4 is 9.47 Å². The van der Waals surface area contributed by atoms with E-state index in [9.17, 15) is 4.79 Å². The maximum Gasteiger partial charge on any atom is 0.308 e. The van der Waals surface area contributed by atoms with E-state index in [2.05, 4.69) is 4.98 Å². The highest BCUT2D eigenvalue weighted by atomic mass is 32.1. The highest BCUT2D eigenvalue weighted by Gasteiger charge is 2.16. The molecular weight excluding hydrogens is 290 g/mol. The lowest BCUT2D eigenvalue weighted by molar-refractivity contribution is -0.136. The van der Waals surface area contributed by atoms with Gasteiger partial charge in [0.15, 0.2) is 11.5 Å². The summed E-state index contributed by atoms with van der Waals surface area (Å²) in [6.07, 6.45) is 0.756. The Bertz CT molecular complexity index is 651. The third kappa shape index (κ3) is 3.33. The van der Waals surface area contributed by atoms with E-state index < -0.39 is 5.97 Å². The van der Waals surface area contributed by atoms with Gasteiger partial charge in [0.2, 0.25) is 0 Å². The third-order valence-corrected chi connectivity index (χ3v) is 4.21. The summed E-state index contributed by atoms with van der Waals surface area (Å²) in [5, 5.41) is 9.96. The number of thiazole rings is 1. The number of ether oxygens (including phenoxy) is 2. The van der Waals surface area contributed by atoms with Gasteiger partial charge >= 0.3 is 5.97 Å². The number of methoxy groups -OCH3 is 2. The summed E-state index contributed by atoms with van der Waals surface area (Å²) in [6.45, 7) is 2.00. The number of aliphatic carboxylic acids is 1. The molecule has 0 spiro atoms. The fourth-order valence-corrected chi connectivity index (χ4v) is 3.04. The molecule has 0 aliphatic heterocycles. The van der Waals surface area contributed by atoms with Crippen LogP contribution in [-0.4, -0.2) is 30.3 Å². The Kier molecular flexibility index (Phi) is 4.80. The minimum Gasteiger partial charge on any atom is -0.493 e. The summed E-state index contributed by atoms with van der Waals surface area (Å²) in [5.74, 6) is 0.373. The maximum atomic E-state index is 11.0. The summed E-state index contributed by atoms with van der Waals surface area (Å²) in [5.41, 5.74) is 1.54. The molecule has 1 heterocycles. The van der Waals surface area contributed by atoms with Crippen molar-refractivity contribution < 1.29 is 19.4 Å². The van der Waals surface area contributed by atoms with Crippen LogP contribution in [0, 0.1) is 0 Å². The molecule has 0 radical (unpaired) electrons. The molecule has 2 rings (SSSR count). The monoisotopic (exact) mass is 307 g/mol. The van der Waals surface area contributed by atoms with Crippen LogP contribution in [-0.2, 0) is 17.6 Å². The molecule has 0 amide bonds. The predicted octanol–water partition coefficient (Wildman–Crippen LogP) is 3.02. The van der Waals surface area contributed by atoms with Crippen LogP contribution in [0.5, 0.6) is 11.5 Å². The zero-order valence-corrected chi connectivity index (χ0v) is 13.0. The van der Waals surface area contributed by atoms with Crippen molar-refractivity contribution >= 4 is 17.3 Å². The van der Waals surface area contributed by atoms with Crippen molar-refractivity contribution in [2.75, 3.05) is 14.2 Å². The summed E-state index contributed by atoms with van der Waals surface area (Å²) in [4.78, 5) is 16.3. The van der Waals surface area contributed by atoms with Crippen molar-refractivity contribution in [3.8, 4) is 22.8 Å². The summed E-state index contributed by atoms with van der Waals surface area (Å²) >= 11 is 1.44. The average molecular weight is 307 g/mol. The van der Waals surface area contributed by atoms with Gasteiger partial charge in [0.25, 0.3) is 0 Å².